The summed E-state index contributed by atoms with van der Waals surface area (Å²) in [6, 6.07) is 10.4. The van der Waals surface area contributed by atoms with Crippen molar-refractivity contribution in [3.63, 3.8) is 0 Å². The van der Waals surface area contributed by atoms with Gasteiger partial charge in [0.05, 0.1) is 24.2 Å². The van der Waals surface area contributed by atoms with Gasteiger partial charge < -0.3 is 15.2 Å². The number of primary amides is 1. The Balaban J connectivity index is 2.07. The van der Waals surface area contributed by atoms with Crippen molar-refractivity contribution in [2.45, 2.75) is 6.92 Å². The second-order valence-electron chi connectivity index (χ2n) is 5.82. The number of halogens is 1. The summed E-state index contributed by atoms with van der Waals surface area (Å²) >= 11 is 3.36. The minimum atomic E-state index is -0.620. The fraction of sp³-hybridized carbons (Fsp3) is 0.158. The number of para-hydroxylation sites is 1. The average Bonchev–Trinajstić information content (AvgIpc) is 2.67. The van der Waals surface area contributed by atoms with E-state index in [0.29, 0.717) is 33.8 Å². The second-order valence-corrected chi connectivity index (χ2v) is 6.73. The van der Waals surface area contributed by atoms with Gasteiger partial charge in [-0.05, 0) is 37.3 Å². The van der Waals surface area contributed by atoms with Crippen molar-refractivity contribution in [1.29, 1.82) is 0 Å². The molecule has 0 unspecified atom stereocenters. The molecule has 9 heteroatoms. The molecule has 144 valence electrons. The number of ether oxygens (including phenoxy) is 2. The Morgan fingerprint density at radius 1 is 1.36 bits per heavy atom. The third kappa shape index (κ3) is 4.04. The van der Waals surface area contributed by atoms with Gasteiger partial charge in [-0.15, -0.1) is 0 Å². The fourth-order valence-corrected chi connectivity index (χ4v) is 2.97. The Labute approximate surface area is 168 Å². The van der Waals surface area contributed by atoms with Crippen molar-refractivity contribution >= 4 is 39.0 Å². The second kappa shape index (κ2) is 8.22. The Morgan fingerprint density at radius 2 is 2.14 bits per heavy atom. The lowest BCUT2D eigenvalue weighted by molar-refractivity contribution is -0.119. The van der Waals surface area contributed by atoms with Gasteiger partial charge in [0.2, 0.25) is 0 Å². The van der Waals surface area contributed by atoms with Crippen LogP contribution in [0.3, 0.4) is 0 Å². The monoisotopic (exact) mass is 444 g/mol. The Hall–Kier alpha value is -3.20. The average molecular weight is 445 g/mol. The molecule has 1 aromatic heterocycles. The van der Waals surface area contributed by atoms with Crippen molar-refractivity contribution in [2.24, 2.45) is 10.8 Å². The van der Waals surface area contributed by atoms with E-state index in [0.717, 1.165) is 4.47 Å². The van der Waals surface area contributed by atoms with Crippen LogP contribution in [0, 0.1) is 6.92 Å². The molecule has 3 rings (SSSR count). The van der Waals surface area contributed by atoms with Crippen LogP contribution in [0.4, 0.5) is 0 Å². The van der Waals surface area contributed by atoms with Gasteiger partial charge in [0, 0.05) is 10.0 Å². The summed E-state index contributed by atoms with van der Waals surface area (Å²) < 4.78 is 12.7. The first-order valence-corrected chi connectivity index (χ1v) is 9.01. The van der Waals surface area contributed by atoms with Gasteiger partial charge in [0.1, 0.15) is 5.82 Å². The third-order valence-electron chi connectivity index (χ3n) is 3.87. The molecule has 0 aliphatic heterocycles. The Morgan fingerprint density at radius 3 is 2.86 bits per heavy atom. The molecule has 1 amide bonds. The molecule has 0 spiro atoms. The van der Waals surface area contributed by atoms with Crippen molar-refractivity contribution in [3.8, 4) is 11.5 Å². The van der Waals surface area contributed by atoms with Crippen LogP contribution >= 0.6 is 15.9 Å². The molecule has 0 bridgehead atoms. The molecule has 3 aromatic rings. The molecule has 2 N–H and O–H groups in total. The summed E-state index contributed by atoms with van der Waals surface area (Å²) in [5, 5.41) is 4.71. The summed E-state index contributed by atoms with van der Waals surface area (Å²) in [5.41, 5.74) is 5.95. The van der Waals surface area contributed by atoms with Gasteiger partial charge in [0.25, 0.3) is 11.5 Å². The number of benzene rings is 2. The van der Waals surface area contributed by atoms with E-state index in [-0.39, 0.29) is 12.2 Å². The molecule has 2 aromatic carbocycles. The summed E-state index contributed by atoms with van der Waals surface area (Å²) in [5.74, 6) is 0.522. The normalized spacial score (nSPS) is 11.1. The number of amides is 1. The molecule has 0 saturated carbocycles. The molecule has 0 atom stereocenters. The number of aryl methyl sites for hydroxylation is 1. The molecule has 28 heavy (non-hydrogen) atoms. The van der Waals surface area contributed by atoms with Crippen molar-refractivity contribution in [1.82, 2.24) is 9.66 Å². The number of carbonyl (C=O) groups is 1. The highest BCUT2D eigenvalue weighted by molar-refractivity contribution is 9.10. The fourth-order valence-electron chi connectivity index (χ4n) is 2.61. The highest BCUT2D eigenvalue weighted by Gasteiger charge is 2.12. The molecule has 0 aliphatic rings. The van der Waals surface area contributed by atoms with E-state index in [4.69, 9.17) is 15.2 Å². The molecule has 8 nitrogen and oxygen atoms in total. The number of nitrogens with two attached hydrogens (primary N) is 1. The molecule has 1 heterocycles. The number of methoxy groups -OCH3 is 1. The van der Waals surface area contributed by atoms with E-state index >= 15 is 0 Å². The molecule has 0 saturated heterocycles. The zero-order valence-corrected chi connectivity index (χ0v) is 16.8. The summed E-state index contributed by atoms with van der Waals surface area (Å²) in [7, 11) is 1.48. The van der Waals surface area contributed by atoms with Crippen LogP contribution in [0.1, 0.15) is 11.4 Å². The van der Waals surface area contributed by atoms with Crippen molar-refractivity contribution in [3.05, 3.63) is 62.6 Å². The van der Waals surface area contributed by atoms with Gasteiger partial charge in [0.15, 0.2) is 18.1 Å². The highest BCUT2D eigenvalue weighted by Crippen LogP contribution is 2.30. The van der Waals surface area contributed by atoms with Crippen LogP contribution in [0.25, 0.3) is 10.9 Å². The third-order valence-corrected chi connectivity index (χ3v) is 4.36. The molecule has 0 aliphatic carbocycles. The zero-order chi connectivity index (χ0) is 20.3. The first-order valence-electron chi connectivity index (χ1n) is 8.22. The summed E-state index contributed by atoms with van der Waals surface area (Å²) in [6.45, 7) is 1.38. The van der Waals surface area contributed by atoms with E-state index in [1.807, 2.05) is 6.07 Å². The van der Waals surface area contributed by atoms with Crippen LogP contribution in [0.15, 0.2) is 50.8 Å². The highest BCUT2D eigenvalue weighted by atomic mass is 79.9. The van der Waals surface area contributed by atoms with Crippen LogP contribution < -0.4 is 20.8 Å². The number of hydrogen-bond donors (Lipinski definition) is 1. The van der Waals surface area contributed by atoms with Crippen LogP contribution in [0.5, 0.6) is 11.5 Å². The topological polar surface area (TPSA) is 109 Å². The van der Waals surface area contributed by atoms with Gasteiger partial charge in [-0.1, -0.05) is 22.0 Å². The molecule has 0 fully saturated rings. The van der Waals surface area contributed by atoms with Gasteiger partial charge in [-0.3, -0.25) is 9.59 Å². The number of hydrogen-bond acceptors (Lipinski definition) is 6. The van der Waals surface area contributed by atoms with Crippen molar-refractivity contribution in [2.75, 3.05) is 13.7 Å². The number of fused-ring (bicyclic) bond motifs is 1. The smallest absolute Gasteiger partial charge is 0.282 e. The minimum Gasteiger partial charge on any atom is -0.493 e. The molecular weight excluding hydrogens is 428 g/mol. The van der Waals surface area contributed by atoms with Crippen LogP contribution in [0.2, 0.25) is 0 Å². The van der Waals surface area contributed by atoms with Crippen LogP contribution in [-0.2, 0) is 4.79 Å². The number of carbonyl (C=O) groups excluding carboxylic acids is 1. The van der Waals surface area contributed by atoms with Crippen LogP contribution in [-0.4, -0.2) is 35.5 Å². The minimum absolute atomic E-state index is 0.301. The van der Waals surface area contributed by atoms with E-state index in [2.05, 4.69) is 26.0 Å². The van der Waals surface area contributed by atoms with E-state index in [9.17, 15) is 9.59 Å². The lowest BCUT2D eigenvalue weighted by Crippen LogP contribution is -2.21. The maximum absolute atomic E-state index is 12.8. The molecular formula is C19H17BrN4O4. The number of nitrogens with zero attached hydrogens (tertiary/aromatic N) is 3. The Kier molecular flexibility index (Phi) is 5.74. The number of rotatable bonds is 6. The predicted octanol–water partition coefficient (Wildman–Crippen LogP) is 2.22. The van der Waals surface area contributed by atoms with E-state index < -0.39 is 5.91 Å². The summed E-state index contributed by atoms with van der Waals surface area (Å²) in [4.78, 5) is 28.3. The Bertz CT molecular complexity index is 1140. The van der Waals surface area contributed by atoms with Gasteiger partial charge in [-0.25, -0.2) is 4.98 Å². The SMILES string of the molecule is COc1cccc(C=Nn2c(C)nc3ccc(Br)cc3c2=O)c1OCC(N)=O. The number of aromatic nitrogens is 2. The quantitative estimate of drug-likeness (QED) is 0.586. The maximum atomic E-state index is 12.8. The summed E-state index contributed by atoms with van der Waals surface area (Å²) in [6.07, 6.45) is 1.44. The van der Waals surface area contributed by atoms with Gasteiger partial charge >= 0.3 is 0 Å². The van der Waals surface area contributed by atoms with E-state index in [1.54, 1.807) is 37.3 Å². The molecule has 0 radical (unpaired) electrons. The first kappa shape index (κ1) is 19.6. The van der Waals surface area contributed by atoms with Gasteiger partial charge in [-0.2, -0.15) is 9.78 Å². The lowest BCUT2D eigenvalue weighted by Gasteiger charge is -2.12. The standard InChI is InChI=1S/C19H17BrN4O4/c1-11-23-15-7-6-13(20)8-14(15)19(26)24(11)22-9-12-4-3-5-16(27-2)18(12)28-10-17(21)25/h3-9H,10H2,1-2H3,(H2,21,25). The lowest BCUT2D eigenvalue weighted by atomic mass is 10.2. The first-order chi connectivity index (χ1) is 13.4. The van der Waals surface area contributed by atoms with Crippen molar-refractivity contribution < 1.29 is 14.3 Å². The maximum Gasteiger partial charge on any atom is 0.282 e. The van der Waals surface area contributed by atoms with E-state index in [1.165, 1.54) is 18.0 Å². The zero-order valence-electron chi connectivity index (χ0n) is 15.2. The predicted molar refractivity (Wildman–Crippen MR) is 109 cm³/mol. The largest absolute Gasteiger partial charge is 0.493 e.